The molecule has 26 nitrogen and oxygen atoms in total. The van der Waals surface area contributed by atoms with Gasteiger partial charge in [-0.15, -0.1) is 8.42 Å². The zero-order chi connectivity index (χ0) is 73.6. The molecule has 1 fully saturated rings. The zero-order valence-corrected chi connectivity index (χ0v) is 59.6. The van der Waals surface area contributed by atoms with E-state index >= 15 is 0 Å². The summed E-state index contributed by atoms with van der Waals surface area (Å²) in [6.07, 6.45) is -3.16. The number of hydrogen-bond acceptors (Lipinski definition) is 22. The van der Waals surface area contributed by atoms with E-state index < -0.39 is 70.7 Å². The molecule has 0 aromatic heterocycles. The predicted octanol–water partition coefficient (Wildman–Crippen LogP) is 7.95. The first-order chi connectivity index (χ1) is 49.8. The number of hydrogen-bond donors (Lipinski definition) is 5. The molecule has 1 saturated heterocycles. The van der Waals surface area contributed by atoms with Gasteiger partial charge in [-0.25, -0.2) is 0 Å². The Hall–Kier alpha value is -9.97. The van der Waals surface area contributed by atoms with Gasteiger partial charge in [-0.1, -0.05) is 48.5 Å². The third-order valence-electron chi connectivity index (χ3n) is 18.2. The quantitative estimate of drug-likeness (QED) is 0.0185. The molecule has 7 aromatic rings. The summed E-state index contributed by atoms with van der Waals surface area (Å²) in [6.45, 7) is 6.75. The molecule has 5 N–H and O–H groups in total. The number of rotatable bonds is 27. The van der Waals surface area contributed by atoms with E-state index in [1.54, 1.807) is 57.2 Å². The second-order valence-corrected chi connectivity index (χ2v) is 28.9. The molecule has 5 aliphatic rings. The van der Waals surface area contributed by atoms with E-state index in [4.69, 9.17) is 56.2 Å². The number of amides is 3. The number of esters is 1. The van der Waals surface area contributed by atoms with Crippen molar-refractivity contribution >= 4 is 57.9 Å². The van der Waals surface area contributed by atoms with Gasteiger partial charge < -0.3 is 86.3 Å². The third kappa shape index (κ3) is 17.6. The van der Waals surface area contributed by atoms with Crippen molar-refractivity contribution in [1.82, 2.24) is 15.1 Å². The average Bonchev–Trinajstić information content (AvgIpc) is 1.59. The number of ether oxygens (including phenoxy) is 8. The number of aliphatic imine (C=N–C) groups is 2. The lowest BCUT2D eigenvalue weighted by Gasteiger charge is -2.39. The molecule has 5 aliphatic heterocycles. The van der Waals surface area contributed by atoms with Crippen LogP contribution in [0.3, 0.4) is 0 Å². The maximum absolute atomic E-state index is 14.3. The highest BCUT2D eigenvalue weighted by Crippen LogP contribution is 2.42. The molecule has 0 saturated carbocycles. The number of nitrogens with zero attached hydrogens (tertiary/aromatic N) is 5. The first-order valence-electron chi connectivity index (χ1n) is 34.2. The van der Waals surface area contributed by atoms with Crippen LogP contribution in [0.1, 0.15) is 109 Å². The molecule has 1 unspecified atom stereocenters. The molecule has 7 atom stereocenters. The van der Waals surface area contributed by atoms with Gasteiger partial charge in [0.15, 0.2) is 34.5 Å². The number of aliphatic hydroxyl groups is 4. The van der Waals surface area contributed by atoms with Gasteiger partial charge in [-0.3, -0.25) is 29.2 Å². The monoisotopic (exact) mass is 1450 g/mol. The SMILES string of the molecule is COc1cc2c(cc1OCc1cc(COc3cc4c(cc3OC)C(=O)N3Cc5ccccc5C[C@H]3C=N4)cc(C[N+](C)(C)Cc3ccc(OS(=O)(=O)Oc4cc(C(=O)NCCOCCCC(=O)OC(C)(C)C)ccc4OC4O[C@H](CO)[C@H](O)[C@H](O)[C@H]4O)cc3)c1)N=C[C@@H]1Cc3ccccc3CN1C2=O. The Labute approximate surface area is 602 Å². The van der Waals surface area contributed by atoms with E-state index in [0.29, 0.717) is 95.4 Å². The minimum Gasteiger partial charge on any atom is -0.493 e. The lowest BCUT2D eigenvalue weighted by molar-refractivity contribution is -0.916. The normalized spacial score (nSPS) is 19.7. The van der Waals surface area contributed by atoms with Crippen LogP contribution in [-0.4, -0.2) is 182 Å². The van der Waals surface area contributed by atoms with Crippen molar-refractivity contribution in [2.24, 2.45) is 9.98 Å². The molecule has 3 amide bonds. The fraction of sp³-hybridized carbons (Fsp3) is 0.377. The average molecular weight is 1450 g/mol. The van der Waals surface area contributed by atoms with Crippen molar-refractivity contribution in [2.75, 3.05) is 54.7 Å². The fourth-order valence-electron chi connectivity index (χ4n) is 13.3. The van der Waals surface area contributed by atoms with Crippen molar-refractivity contribution in [3.8, 4) is 40.2 Å². The molecular weight excluding hydrogens is 1360 g/mol. The minimum atomic E-state index is -5.06. The number of carbonyl (C=O) groups excluding carboxylic acids is 4. The van der Waals surface area contributed by atoms with Crippen LogP contribution in [0.5, 0.6) is 40.2 Å². The van der Waals surface area contributed by atoms with Crippen molar-refractivity contribution in [3.63, 3.8) is 0 Å². The third-order valence-corrected chi connectivity index (χ3v) is 19.0. The molecule has 0 spiro atoms. The van der Waals surface area contributed by atoms with Gasteiger partial charge >= 0.3 is 16.4 Å². The van der Waals surface area contributed by atoms with E-state index in [1.165, 1.54) is 43.5 Å². The van der Waals surface area contributed by atoms with Gasteiger partial charge in [0, 0.05) is 73.9 Å². The number of quaternary nitrogens is 1. The number of aliphatic hydroxyl groups excluding tert-OH is 4. The van der Waals surface area contributed by atoms with Crippen LogP contribution in [0.2, 0.25) is 0 Å². The van der Waals surface area contributed by atoms with E-state index in [0.717, 1.165) is 45.5 Å². The number of methoxy groups -OCH3 is 2. The standard InChI is InChI=1S/C77H84N6O20S/c1-77(2,3)101-69(85)17-12-25-96-26-24-78-73(89)52-20-23-62(99-76-72(88)71(87)70(86)68(43-84)100-76)67(32-52)103-104(92,93)102-57-21-18-46(19-22-57)41-83(4,5)42-47-27-48(44-97-65-35-60-58(33-63(65)94-6)74(90)81-39-53-15-10-8-13-50(53)30-55(81)37-79-60)29-49(28-47)45-98-66-36-61-59(34-64(66)95-7)75(91)82-40-54-16-11-9-14-51(54)31-56(82)38-80-61/h8-11,13-16,18-23,27-29,32-38,55-56,68,70-72,76,84,86-88H,12,17,24-26,30-31,39-45H2,1-7H3/p+1/t55-,56-,68+,70-,71-,72+,76?/m0/s1. The van der Waals surface area contributed by atoms with Gasteiger partial charge in [-0.05, 0) is 146 Å². The number of fused-ring (bicyclic) bond motifs is 6. The fourth-order valence-corrected chi connectivity index (χ4v) is 14.0. The molecule has 548 valence electrons. The summed E-state index contributed by atoms with van der Waals surface area (Å²) in [5, 5.41) is 44.2. The maximum Gasteiger partial charge on any atom is 0.501 e. The summed E-state index contributed by atoms with van der Waals surface area (Å²) in [7, 11) is 2.05. The van der Waals surface area contributed by atoms with Gasteiger partial charge in [0.05, 0.1) is 76.1 Å². The largest absolute Gasteiger partial charge is 0.501 e. The molecule has 12 rings (SSSR count). The van der Waals surface area contributed by atoms with Gasteiger partial charge in [0.25, 0.3) is 17.7 Å². The second kappa shape index (κ2) is 31.6. The Kier molecular flexibility index (Phi) is 22.4. The lowest BCUT2D eigenvalue weighted by atomic mass is 9.94. The summed E-state index contributed by atoms with van der Waals surface area (Å²) < 4.78 is 86.2. The Morgan fingerprint density at radius 1 is 0.625 bits per heavy atom. The van der Waals surface area contributed by atoms with Crippen LogP contribution < -0.4 is 37.4 Å². The second-order valence-electron chi connectivity index (χ2n) is 27.8. The highest BCUT2D eigenvalue weighted by Gasteiger charge is 2.45. The maximum atomic E-state index is 14.3. The molecule has 5 heterocycles. The minimum absolute atomic E-state index is 0.0240. The van der Waals surface area contributed by atoms with Crippen LogP contribution in [0.25, 0.3) is 0 Å². The predicted molar refractivity (Wildman–Crippen MR) is 380 cm³/mol. The molecule has 104 heavy (non-hydrogen) atoms. The van der Waals surface area contributed by atoms with E-state index in [9.17, 15) is 48.0 Å². The Balaban J connectivity index is 0.752. The van der Waals surface area contributed by atoms with Crippen molar-refractivity contribution in [1.29, 1.82) is 0 Å². The Bertz CT molecular complexity index is 4360. The summed E-state index contributed by atoms with van der Waals surface area (Å²) in [5.74, 6) is -1.05. The summed E-state index contributed by atoms with van der Waals surface area (Å²) in [4.78, 5) is 67.4. The van der Waals surface area contributed by atoms with Gasteiger partial charge in [-0.2, -0.15) is 0 Å². The molecule has 27 heteroatoms. The van der Waals surface area contributed by atoms with Crippen LogP contribution in [0.4, 0.5) is 11.4 Å². The van der Waals surface area contributed by atoms with Crippen molar-refractivity contribution in [3.05, 3.63) is 195 Å². The van der Waals surface area contributed by atoms with Crippen LogP contribution in [0.15, 0.2) is 143 Å². The highest BCUT2D eigenvalue weighted by molar-refractivity contribution is 7.82. The van der Waals surface area contributed by atoms with Crippen LogP contribution in [0, 0.1) is 0 Å². The molecule has 0 aliphatic carbocycles. The first kappa shape index (κ1) is 73.8. The van der Waals surface area contributed by atoms with Crippen LogP contribution >= 0.6 is 0 Å². The zero-order valence-electron chi connectivity index (χ0n) is 58.8. The van der Waals surface area contributed by atoms with E-state index in [1.807, 2.05) is 90.9 Å². The highest BCUT2D eigenvalue weighted by atomic mass is 32.3. The number of nitrogens with one attached hydrogen (secondary N) is 1. The lowest BCUT2D eigenvalue weighted by Crippen LogP contribution is -2.60. The summed E-state index contributed by atoms with van der Waals surface area (Å²) in [6, 6.07) is 38.4. The topological polar surface area (TPSA) is 319 Å². The van der Waals surface area contributed by atoms with Gasteiger partial charge in [0.2, 0.25) is 6.29 Å². The first-order valence-corrected chi connectivity index (χ1v) is 35.5. The summed E-state index contributed by atoms with van der Waals surface area (Å²) >= 11 is 0. The molecule has 7 aromatic carbocycles. The molecule has 0 bridgehead atoms. The number of benzene rings is 7. The van der Waals surface area contributed by atoms with Gasteiger partial charge in [0.1, 0.15) is 62.1 Å². The Morgan fingerprint density at radius 2 is 1.17 bits per heavy atom. The van der Waals surface area contributed by atoms with Crippen molar-refractivity contribution in [2.45, 2.75) is 134 Å². The van der Waals surface area contributed by atoms with Crippen molar-refractivity contribution < 1.29 is 98.8 Å². The van der Waals surface area contributed by atoms with Crippen LogP contribution in [-0.2, 0) is 81.6 Å². The Morgan fingerprint density at radius 3 is 1.72 bits per heavy atom. The van der Waals surface area contributed by atoms with E-state index in [2.05, 4.69) is 17.4 Å². The summed E-state index contributed by atoms with van der Waals surface area (Å²) in [5.41, 5.74) is 8.73. The molecule has 0 radical (unpaired) electrons. The van der Waals surface area contributed by atoms with E-state index in [-0.39, 0.29) is 80.6 Å². The molecular formula is C77H85N6O20S+. The number of carbonyl (C=O) groups is 4. The smallest absolute Gasteiger partial charge is 0.493 e.